The van der Waals surface area contributed by atoms with Crippen LogP contribution in [0.15, 0.2) is 24.3 Å². The van der Waals surface area contributed by atoms with Crippen LogP contribution in [0.25, 0.3) is 0 Å². The Balaban J connectivity index is 1.91. The van der Waals surface area contributed by atoms with Gasteiger partial charge >= 0.3 is 6.03 Å². The number of benzene rings is 1. The second kappa shape index (κ2) is 5.38. The molecule has 1 saturated heterocycles. The number of nitrogens with one attached hydrogen (secondary N) is 3. The number of anilines is 2. The van der Waals surface area contributed by atoms with Crippen molar-refractivity contribution in [3.63, 3.8) is 0 Å². The zero-order valence-corrected chi connectivity index (χ0v) is 10.1. The molecule has 0 aliphatic carbocycles. The van der Waals surface area contributed by atoms with Crippen molar-refractivity contribution in [1.82, 2.24) is 10.6 Å². The van der Waals surface area contributed by atoms with Gasteiger partial charge in [-0.15, -0.1) is 0 Å². The average molecular weight is 262 g/mol. The van der Waals surface area contributed by atoms with E-state index in [2.05, 4.69) is 16.0 Å². The second-order valence-corrected chi connectivity index (χ2v) is 4.23. The number of nitrogen functional groups attached to an aromatic ring is 1. The maximum absolute atomic E-state index is 11.7. The Hall–Kier alpha value is -2.57. The molecule has 5 N–H and O–H groups in total. The van der Waals surface area contributed by atoms with Gasteiger partial charge in [-0.1, -0.05) is 6.07 Å². The van der Waals surface area contributed by atoms with Crippen molar-refractivity contribution in [1.29, 1.82) is 0 Å². The lowest BCUT2D eigenvalue weighted by Gasteiger charge is -2.21. The van der Waals surface area contributed by atoms with Crippen LogP contribution in [0.3, 0.4) is 0 Å². The lowest BCUT2D eigenvalue weighted by Crippen LogP contribution is -2.53. The van der Waals surface area contributed by atoms with Crippen LogP contribution in [0.5, 0.6) is 0 Å². The zero-order chi connectivity index (χ0) is 13.8. The van der Waals surface area contributed by atoms with Crippen molar-refractivity contribution in [2.24, 2.45) is 0 Å². The first-order valence-corrected chi connectivity index (χ1v) is 5.81. The number of carbonyl (C=O) groups is 3. The molecule has 4 amide bonds. The third-order valence-electron chi connectivity index (χ3n) is 2.69. The minimum atomic E-state index is -0.696. The number of hydrogen-bond donors (Lipinski definition) is 4. The van der Waals surface area contributed by atoms with Gasteiger partial charge in [0.05, 0.1) is 0 Å². The van der Waals surface area contributed by atoms with Crippen molar-refractivity contribution in [3.05, 3.63) is 24.3 Å². The molecule has 1 aromatic rings. The number of rotatable bonds is 2. The first kappa shape index (κ1) is 12.9. The van der Waals surface area contributed by atoms with Crippen molar-refractivity contribution in [2.75, 3.05) is 11.1 Å². The number of amides is 4. The maximum Gasteiger partial charge on any atom is 0.319 e. The van der Waals surface area contributed by atoms with Gasteiger partial charge in [-0.2, -0.15) is 0 Å². The number of hydrogen-bond acceptors (Lipinski definition) is 4. The standard InChI is InChI=1S/C12H14N4O3/c13-7-2-1-3-8(6-7)14-12(19)15-9-4-5-10(17)16-11(9)18/h1-3,6,9H,4-5,13H2,(H2,14,15,19)(H,16,17,18). The molecule has 0 aromatic heterocycles. The molecule has 100 valence electrons. The van der Waals surface area contributed by atoms with E-state index in [1.165, 1.54) is 0 Å². The molecule has 1 aliphatic heterocycles. The van der Waals surface area contributed by atoms with Crippen LogP contribution in [-0.2, 0) is 9.59 Å². The van der Waals surface area contributed by atoms with Crippen molar-refractivity contribution < 1.29 is 14.4 Å². The molecule has 1 heterocycles. The van der Waals surface area contributed by atoms with Gasteiger partial charge in [-0.25, -0.2) is 4.79 Å². The summed E-state index contributed by atoms with van der Waals surface area (Å²) in [7, 11) is 0. The Morgan fingerprint density at radius 1 is 1.37 bits per heavy atom. The Morgan fingerprint density at radius 2 is 2.16 bits per heavy atom. The van der Waals surface area contributed by atoms with Crippen LogP contribution >= 0.6 is 0 Å². The van der Waals surface area contributed by atoms with Crippen LogP contribution in [0.4, 0.5) is 16.2 Å². The summed E-state index contributed by atoms with van der Waals surface area (Å²) < 4.78 is 0. The minimum absolute atomic E-state index is 0.217. The van der Waals surface area contributed by atoms with E-state index < -0.39 is 18.0 Å². The summed E-state index contributed by atoms with van der Waals surface area (Å²) in [5.74, 6) is -0.807. The number of carbonyl (C=O) groups excluding carboxylic acids is 3. The van der Waals surface area contributed by atoms with Crippen molar-refractivity contribution in [2.45, 2.75) is 18.9 Å². The molecule has 1 unspecified atom stereocenters. The number of piperidine rings is 1. The predicted molar refractivity (Wildman–Crippen MR) is 69.2 cm³/mol. The summed E-state index contributed by atoms with van der Waals surface area (Å²) in [5, 5.41) is 7.24. The fourth-order valence-corrected chi connectivity index (χ4v) is 1.77. The van der Waals surface area contributed by atoms with Crippen molar-refractivity contribution >= 4 is 29.2 Å². The van der Waals surface area contributed by atoms with E-state index in [-0.39, 0.29) is 12.3 Å². The van der Waals surface area contributed by atoms with Gasteiger partial charge in [0.2, 0.25) is 11.8 Å². The molecule has 0 radical (unpaired) electrons. The van der Waals surface area contributed by atoms with E-state index in [0.29, 0.717) is 17.8 Å². The Morgan fingerprint density at radius 3 is 2.84 bits per heavy atom. The van der Waals surface area contributed by atoms with E-state index in [1.807, 2.05) is 0 Å². The highest BCUT2D eigenvalue weighted by Gasteiger charge is 2.27. The van der Waals surface area contributed by atoms with Gasteiger partial charge in [-0.05, 0) is 24.6 Å². The molecule has 1 aliphatic rings. The second-order valence-electron chi connectivity index (χ2n) is 4.23. The molecule has 2 rings (SSSR count). The fourth-order valence-electron chi connectivity index (χ4n) is 1.77. The Labute approximate surface area is 109 Å². The molecule has 1 atom stereocenters. The molecule has 7 nitrogen and oxygen atoms in total. The summed E-state index contributed by atoms with van der Waals surface area (Å²) in [6.07, 6.45) is 0.518. The molecule has 19 heavy (non-hydrogen) atoms. The normalized spacial score (nSPS) is 18.6. The third kappa shape index (κ3) is 3.44. The topological polar surface area (TPSA) is 113 Å². The van der Waals surface area contributed by atoms with Crippen LogP contribution in [0, 0.1) is 0 Å². The van der Waals surface area contributed by atoms with Crippen LogP contribution in [0.1, 0.15) is 12.8 Å². The van der Waals surface area contributed by atoms with E-state index in [4.69, 9.17) is 5.73 Å². The molecule has 0 spiro atoms. The summed E-state index contributed by atoms with van der Waals surface area (Å²) in [6, 6.07) is 5.48. The predicted octanol–water partition coefficient (Wildman–Crippen LogP) is 0.195. The van der Waals surface area contributed by atoms with Gasteiger partial charge < -0.3 is 16.4 Å². The van der Waals surface area contributed by atoms with Gasteiger partial charge in [0, 0.05) is 17.8 Å². The van der Waals surface area contributed by atoms with Crippen molar-refractivity contribution in [3.8, 4) is 0 Å². The minimum Gasteiger partial charge on any atom is -0.399 e. The summed E-state index contributed by atoms with van der Waals surface area (Å²) in [5.41, 5.74) is 6.64. The zero-order valence-electron chi connectivity index (χ0n) is 10.1. The molecule has 7 heteroatoms. The molecule has 1 fully saturated rings. The van der Waals surface area contributed by atoms with E-state index in [1.54, 1.807) is 24.3 Å². The first-order chi connectivity index (χ1) is 9.04. The number of imide groups is 1. The third-order valence-corrected chi connectivity index (χ3v) is 2.69. The molecule has 1 aromatic carbocycles. The van der Waals surface area contributed by atoms with Crippen LogP contribution in [-0.4, -0.2) is 23.9 Å². The smallest absolute Gasteiger partial charge is 0.319 e. The largest absolute Gasteiger partial charge is 0.399 e. The lowest BCUT2D eigenvalue weighted by molar-refractivity contribution is -0.134. The van der Waals surface area contributed by atoms with Gasteiger partial charge in [0.25, 0.3) is 0 Å². The maximum atomic E-state index is 11.7. The summed E-state index contributed by atoms with van der Waals surface area (Å²) in [4.78, 5) is 34.1. The van der Waals surface area contributed by atoms with Gasteiger partial charge in [-0.3, -0.25) is 14.9 Å². The van der Waals surface area contributed by atoms with Gasteiger partial charge in [0.15, 0.2) is 0 Å². The lowest BCUT2D eigenvalue weighted by atomic mass is 10.1. The molecular formula is C12H14N4O3. The van der Waals surface area contributed by atoms with E-state index in [0.717, 1.165) is 0 Å². The highest BCUT2D eigenvalue weighted by molar-refractivity contribution is 6.02. The Kier molecular flexibility index (Phi) is 3.65. The summed E-state index contributed by atoms with van der Waals surface area (Å²) >= 11 is 0. The van der Waals surface area contributed by atoms with E-state index in [9.17, 15) is 14.4 Å². The quantitative estimate of drug-likeness (QED) is 0.450. The number of urea groups is 1. The Bertz CT molecular complexity index is 529. The highest BCUT2D eigenvalue weighted by atomic mass is 16.2. The summed E-state index contributed by atoms with van der Waals surface area (Å²) in [6.45, 7) is 0. The van der Waals surface area contributed by atoms with E-state index >= 15 is 0 Å². The van der Waals surface area contributed by atoms with Crippen LogP contribution in [0.2, 0.25) is 0 Å². The molecule has 0 saturated carbocycles. The van der Waals surface area contributed by atoms with Gasteiger partial charge in [0.1, 0.15) is 6.04 Å². The number of nitrogens with two attached hydrogens (primary N) is 1. The molecular weight excluding hydrogens is 248 g/mol. The fraction of sp³-hybridized carbons (Fsp3) is 0.250. The highest BCUT2D eigenvalue weighted by Crippen LogP contribution is 2.12. The van der Waals surface area contributed by atoms with Crippen LogP contribution < -0.4 is 21.7 Å². The average Bonchev–Trinajstić information content (AvgIpc) is 2.33. The first-order valence-electron chi connectivity index (χ1n) is 5.81. The SMILES string of the molecule is Nc1cccc(NC(=O)NC2CCC(=O)NC2=O)c1. The molecule has 0 bridgehead atoms. The monoisotopic (exact) mass is 262 g/mol.